The van der Waals surface area contributed by atoms with Crippen LogP contribution in [-0.2, 0) is 0 Å². The molecule has 1 unspecified atom stereocenters. The number of aliphatic hydroxyl groups is 1. The maximum atomic E-state index is 10.5. The van der Waals surface area contributed by atoms with Crippen molar-refractivity contribution in [3.8, 4) is 5.75 Å². The highest BCUT2D eigenvalue weighted by Gasteiger charge is 2.18. The molecular formula is C17H18O2. The first kappa shape index (κ1) is 13.4. The average Bonchev–Trinajstić information content (AvgIpc) is 2.46. The summed E-state index contributed by atoms with van der Waals surface area (Å²) in [5.41, 5.74) is 3.49. The number of para-hydroxylation sites is 1. The zero-order valence-corrected chi connectivity index (χ0v) is 11.3. The highest BCUT2D eigenvalue weighted by atomic mass is 16.5. The molecule has 0 bridgehead atoms. The second-order valence-corrected chi connectivity index (χ2v) is 4.48. The van der Waals surface area contributed by atoms with Crippen molar-refractivity contribution in [2.75, 3.05) is 7.11 Å². The smallest absolute Gasteiger partial charge is 0.125 e. The van der Waals surface area contributed by atoms with Crippen molar-refractivity contribution >= 4 is 5.57 Å². The first-order valence-electron chi connectivity index (χ1n) is 6.21. The lowest BCUT2D eigenvalue weighted by Gasteiger charge is -2.18. The molecule has 19 heavy (non-hydrogen) atoms. The third kappa shape index (κ3) is 2.69. The van der Waals surface area contributed by atoms with Crippen LogP contribution in [0.3, 0.4) is 0 Å². The molecule has 2 rings (SSSR count). The summed E-state index contributed by atoms with van der Waals surface area (Å²) in [6, 6.07) is 15.4. The van der Waals surface area contributed by atoms with Gasteiger partial charge in [-0.2, -0.15) is 0 Å². The predicted molar refractivity (Wildman–Crippen MR) is 78.2 cm³/mol. The summed E-state index contributed by atoms with van der Waals surface area (Å²) < 4.78 is 5.28. The molecule has 2 aromatic carbocycles. The summed E-state index contributed by atoms with van der Waals surface area (Å²) in [5, 5.41) is 10.5. The van der Waals surface area contributed by atoms with Crippen LogP contribution in [0.4, 0.5) is 0 Å². The SMILES string of the molecule is C=C(c1ccccc1C)C(O)c1ccccc1OC. The molecule has 1 atom stereocenters. The molecule has 0 heterocycles. The van der Waals surface area contributed by atoms with Crippen molar-refractivity contribution in [3.63, 3.8) is 0 Å². The number of benzene rings is 2. The van der Waals surface area contributed by atoms with E-state index in [4.69, 9.17) is 4.74 Å². The molecule has 2 nitrogen and oxygen atoms in total. The Balaban J connectivity index is 2.37. The second-order valence-electron chi connectivity index (χ2n) is 4.48. The van der Waals surface area contributed by atoms with Crippen LogP contribution in [0.2, 0.25) is 0 Å². The summed E-state index contributed by atoms with van der Waals surface area (Å²) >= 11 is 0. The van der Waals surface area contributed by atoms with Crippen molar-refractivity contribution in [2.45, 2.75) is 13.0 Å². The average molecular weight is 254 g/mol. The van der Waals surface area contributed by atoms with Crippen LogP contribution in [0.1, 0.15) is 22.8 Å². The predicted octanol–water partition coefficient (Wildman–Crippen LogP) is 3.75. The number of hydrogen-bond donors (Lipinski definition) is 1. The van der Waals surface area contributed by atoms with Gasteiger partial charge in [-0.25, -0.2) is 0 Å². The van der Waals surface area contributed by atoms with Crippen molar-refractivity contribution in [2.24, 2.45) is 0 Å². The monoisotopic (exact) mass is 254 g/mol. The number of aliphatic hydroxyl groups excluding tert-OH is 1. The summed E-state index contributed by atoms with van der Waals surface area (Å²) in [7, 11) is 1.60. The molecule has 98 valence electrons. The van der Waals surface area contributed by atoms with E-state index in [1.54, 1.807) is 7.11 Å². The summed E-state index contributed by atoms with van der Waals surface area (Å²) in [6.45, 7) is 6.04. The van der Waals surface area contributed by atoms with Crippen LogP contribution in [0.25, 0.3) is 5.57 Å². The summed E-state index contributed by atoms with van der Waals surface area (Å²) in [5.74, 6) is 0.671. The molecular weight excluding hydrogens is 236 g/mol. The van der Waals surface area contributed by atoms with E-state index in [9.17, 15) is 5.11 Å². The van der Waals surface area contributed by atoms with Crippen molar-refractivity contribution in [3.05, 3.63) is 71.8 Å². The van der Waals surface area contributed by atoms with Crippen LogP contribution < -0.4 is 4.74 Å². The minimum Gasteiger partial charge on any atom is -0.496 e. The molecule has 0 saturated carbocycles. The topological polar surface area (TPSA) is 29.5 Å². The minimum absolute atomic E-state index is 0.671. The first-order chi connectivity index (χ1) is 9.15. The van der Waals surface area contributed by atoms with Gasteiger partial charge >= 0.3 is 0 Å². The fraction of sp³-hybridized carbons (Fsp3) is 0.176. The van der Waals surface area contributed by atoms with Gasteiger partial charge in [0.25, 0.3) is 0 Å². The maximum Gasteiger partial charge on any atom is 0.125 e. The Kier molecular flexibility index (Phi) is 4.03. The highest BCUT2D eigenvalue weighted by Crippen LogP contribution is 2.34. The molecule has 0 radical (unpaired) electrons. The van der Waals surface area contributed by atoms with Crippen LogP contribution in [-0.4, -0.2) is 12.2 Å². The van der Waals surface area contributed by atoms with Crippen molar-refractivity contribution < 1.29 is 9.84 Å². The molecule has 0 aromatic heterocycles. The van der Waals surface area contributed by atoms with E-state index in [-0.39, 0.29) is 0 Å². The molecule has 0 aliphatic carbocycles. The number of methoxy groups -OCH3 is 1. The molecule has 2 aromatic rings. The van der Waals surface area contributed by atoms with Gasteiger partial charge in [0, 0.05) is 5.56 Å². The zero-order chi connectivity index (χ0) is 13.8. The maximum absolute atomic E-state index is 10.5. The van der Waals surface area contributed by atoms with E-state index in [0.29, 0.717) is 11.3 Å². The van der Waals surface area contributed by atoms with Crippen LogP contribution in [0.15, 0.2) is 55.1 Å². The van der Waals surface area contributed by atoms with Gasteiger partial charge in [0.15, 0.2) is 0 Å². The van der Waals surface area contributed by atoms with Gasteiger partial charge in [0.1, 0.15) is 11.9 Å². The van der Waals surface area contributed by atoms with Crippen molar-refractivity contribution in [1.82, 2.24) is 0 Å². The van der Waals surface area contributed by atoms with E-state index in [2.05, 4.69) is 6.58 Å². The number of hydrogen-bond acceptors (Lipinski definition) is 2. The molecule has 0 amide bonds. The molecule has 0 fully saturated rings. The lowest BCUT2D eigenvalue weighted by Crippen LogP contribution is -2.03. The molecule has 0 aliphatic heterocycles. The van der Waals surface area contributed by atoms with E-state index in [1.807, 2.05) is 55.5 Å². The van der Waals surface area contributed by atoms with E-state index in [1.165, 1.54) is 0 Å². The van der Waals surface area contributed by atoms with E-state index < -0.39 is 6.10 Å². The lowest BCUT2D eigenvalue weighted by atomic mass is 9.93. The van der Waals surface area contributed by atoms with Crippen LogP contribution in [0, 0.1) is 6.92 Å². The van der Waals surface area contributed by atoms with Gasteiger partial charge in [-0.05, 0) is 29.7 Å². The Labute approximate surface area is 114 Å². The third-order valence-corrected chi connectivity index (χ3v) is 3.25. The quantitative estimate of drug-likeness (QED) is 0.900. The Morgan fingerprint density at radius 3 is 2.42 bits per heavy atom. The molecule has 0 saturated heterocycles. The Hall–Kier alpha value is -2.06. The number of aryl methyl sites for hydroxylation is 1. The standard InChI is InChI=1S/C17H18O2/c1-12-8-4-5-9-14(12)13(2)17(18)15-10-6-7-11-16(15)19-3/h4-11,17-18H,2H2,1,3H3. The molecule has 2 heteroatoms. The van der Waals surface area contributed by atoms with Gasteiger partial charge in [-0.1, -0.05) is 49.0 Å². The normalized spacial score (nSPS) is 11.9. The summed E-state index contributed by atoms with van der Waals surface area (Å²) in [4.78, 5) is 0. The zero-order valence-electron chi connectivity index (χ0n) is 11.3. The Morgan fingerprint density at radius 1 is 1.11 bits per heavy atom. The Bertz CT molecular complexity index is 587. The van der Waals surface area contributed by atoms with Crippen LogP contribution in [0.5, 0.6) is 5.75 Å². The fourth-order valence-corrected chi connectivity index (χ4v) is 2.16. The highest BCUT2D eigenvalue weighted by molar-refractivity contribution is 5.71. The van der Waals surface area contributed by atoms with E-state index in [0.717, 1.165) is 16.7 Å². The first-order valence-corrected chi connectivity index (χ1v) is 6.21. The molecule has 0 spiro atoms. The van der Waals surface area contributed by atoms with Crippen LogP contribution >= 0.6 is 0 Å². The minimum atomic E-state index is -0.766. The summed E-state index contributed by atoms with van der Waals surface area (Å²) in [6.07, 6.45) is -0.766. The fourth-order valence-electron chi connectivity index (χ4n) is 2.16. The van der Waals surface area contributed by atoms with Gasteiger partial charge in [0.05, 0.1) is 7.11 Å². The van der Waals surface area contributed by atoms with Crippen molar-refractivity contribution in [1.29, 1.82) is 0 Å². The third-order valence-electron chi connectivity index (χ3n) is 3.25. The molecule has 0 aliphatic rings. The molecule has 1 N–H and O–H groups in total. The van der Waals surface area contributed by atoms with Gasteiger partial charge in [-0.3, -0.25) is 0 Å². The second kappa shape index (κ2) is 5.72. The van der Waals surface area contributed by atoms with Gasteiger partial charge in [-0.15, -0.1) is 0 Å². The number of ether oxygens (including phenoxy) is 1. The largest absolute Gasteiger partial charge is 0.496 e. The van der Waals surface area contributed by atoms with Gasteiger partial charge < -0.3 is 9.84 Å². The number of rotatable bonds is 4. The van der Waals surface area contributed by atoms with Gasteiger partial charge in [0.2, 0.25) is 0 Å². The Morgan fingerprint density at radius 2 is 1.74 bits per heavy atom. The van der Waals surface area contributed by atoms with E-state index >= 15 is 0 Å². The lowest BCUT2D eigenvalue weighted by molar-refractivity contribution is 0.232.